The lowest BCUT2D eigenvalue weighted by Gasteiger charge is -2.17. The van der Waals surface area contributed by atoms with Crippen LogP contribution in [0.4, 0.5) is 5.82 Å². The van der Waals surface area contributed by atoms with Crippen LogP contribution in [0, 0.1) is 0 Å². The fourth-order valence-corrected chi connectivity index (χ4v) is 1.37. The average molecular weight is 210 g/mol. The molecule has 2 atom stereocenters. The van der Waals surface area contributed by atoms with E-state index in [4.69, 9.17) is 14.6 Å². The van der Waals surface area contributed by atoms with E-state index in [0.29, 0.717) is 4.90 Å². The predicted molar refractivity (Wildman–Crippen MR) is 55.7 cm³/mol. The SMILES string of the molecule is [2H]C([2H])([2H])N1C(=O)[C@@H](N)[C@@H](C)Oc2cccnc21. The molecule has 0 saturated heterocycles. The van der Waals surface area contributed by atoms with Gasteiger partial charge in [0.1, 0.15) is 12.1 Å². The number of pyridine rings is 1. The Morgan fingerprint density at radius 3 is 3.27 bits per heavy atom. The molecule has 0 aliphatic carbocycles. The van der Waals surface area contributed by atoms with Crippen molar-refractivity contribution in [3.05, 3.63) is 18.3 Å². The molecule has 0 unspecified atom stereocenters. The second-order valence-corrected chi connectivity index (χ2v) is 3.35. The van der Waals surface area contributed by atoms with E-state index in [1.54, 1.807) is 19.1 Å². The molecule has 2 heterocycles. The van der Waals surface area contributed by atoms with Gasteiger partial charge in [-0.1, -0.05) is 0 Å². The Bertz CT molecular complexity index is 478. The van der Waals surface area contributed by atoms with Crippen LogP contribution in [-0.4, -0.2) is 30.0 Å². The van der Waals surface area contributed by atoms with Gasteiger partial charge in [-0.2, -0.15) is 0 Å². The van der Waals surface area contributed by atoms with Crippen LogP contribution in [-0.2, 0) is 4.79 Å². The van der Waals surface area contributed by atoms with Crippen LogP contribution in [0.3, 0.4) is 0 Å². The minimum Gasteiger partial charge on any atom is -0.485 e. The molecule has 2 rings (SSSR count). The molecule has 1 aromatic heterocycles. The summed E-state index contributed by atoms with van der Waals surface area (Å²) in [6.07, 6.45) is 0.781. The van der Waals surface area contributed by atoms with Crippen molar-refractivity contribution < 1.29 is 13.6 Å². The van der Waals surface area contributed by atoms with Crippen LogP contribution in [0.2, 0.25) is 0 Å². The van der Waals surface area contributed by atoms with Gasteiger partial charge in [0.15, 0.2) is 11.6 Å². The van der Waals surface area contributed by atoms with E-state index in [9.17, 15) is 4.79 Å². The number of ether oxygens (including phenoxy) is 1. The summed E-state index contributed by atoms with van der Waals surface area (Å²) in [6, 6.07) is 2.12. The van der Waals surface area contributed by atoms with Crippen molar-refractivity contribution in [2.45, 2.75) is 19.1 Å². The van der Waals surface area contributed by atoms with Gasteiger partial charge in [-0.05, 0) is 19.1 Å². The van der Waals surface area contributed by atoms with Gasteiger partial charge in [0.2, 0.25) is 5.91 Å². The molecule has 5 nitrogen and oxygen atoms in total. The molecular weight excluding hydrogens is 194 g/mol. The van der Waals surface area contributed by atoms with E-state index in [2.05, 4.69) is 4.98 Å². The van der Waals surface area contributed by atoms with Crippen molar-refractivity contribution in [2.24, 2.45) is 5.73 Å². The molecule has 5 heteroatoms. The van der Waals surface area contributed by atoms with Crippen LogP contribution in [0.15, 0.2) is 18.3 Å². The Morgan fingerprint density at radius 2 is 2.53 bits per heavy atom. The van der Waals surface area contributed by atoms with Gasteiger partial charge in [-0.15, -0.1) is 0 Å². The highest BCUT2D eigenvalue weighted by molar-refractivity contribution is 5.97. The maximum atomic E-state index is 12.1. The van der Waals surface area contributed by atoms with Gasteiger partial charge < -0.3 is 10.5 Å². The second-order valence-electron chi connectivity index (χ2n) is 3.35. The summed E-state index contributed by atoms with van der Waals surface area (Å²) in [5, 5.41) is 0. The molecule has 1 aromatic rings. The third kappa shape index (κ3) is 1.55. The molecule has 0 fully saturated rings. The van der Waals surface area contributed by atoms with Crippen molar-refractivity contribution in [1.82, 2.24) is 4.98 Å². The molecule has 80 valence electrons. The summed E-state index contributed by atoms with van der Waals surface area (Å²) in [6.45, 7) is -1.03. The standard InChI is InChI=1S/C10H13N3O2/c1-6-8(11)10(14)13(2)9-7(15-6)4-3-5-12-9/h3-6,8H,11H2,1-2H3/t6-,8+/m1/s1/i2D3. The lowest BCUT2D eigenvalue weighted by molar-refractivity contribution is -0.120. The van der Waals surface area contributed by atoms with Crippen molar-refractivity contribution in [3.63, 3.8) is 0 Å². The fourth-order valence-electron chi connectivity index (χ4n) is 1.37. The fraction of sp³-hybridized carbons (Fsp3) is 0.400. The summed E-state index contributed by atoms with van der Waals surface area (Å²) in [4.78, 5) is 16.6. The molecule has 0 aromatic carbocycles. The highest BCUT2D eigenvalue weighted by Gasteiger charge is 2.32. The first kappa shape index (κ1) is 6.79. The summed E-state index contributed by atoms with van der Waals surface area (Å²) >= 11 is 0. The summed E-state index contributed by atoms with van der Waals surface area (Å²) in [5.41, 5.74) is 5.69. The van der Waals surface area contributed by atoms with E-state index < -0.39 is 25.0 Å². The number of hydrogen-bond donors (Lipinski definition) is 1. The number of rotatable bonds is 0. The minimum absolute atomic E-state index is 0.0256. The van der Waals surface area contributed by atoms with Crippen molar-refractivity contribution in [1.29, 1.82) is 0 Å². The van der Waals surface area contributed by atoms with Crippen molar-refractivity contribution in [2.75, 3.05) is 11.9 Å². The molecule has 2 N–H and O–H groups in total. The number of nitrogens with zero attached hydrogens (tertiary/aromatic N) is 2. The number of amides is 1. The highest BCUT2D eigenvalue weighted by atomic mass is 16.5. The Balaban J connectivity index is 2.59. The second kappa shape index (κ2) is 3.51. The third-order valence-corrected chi connectivity index (χ3v) is 2.29. The van der Waals surface area contributed by atoms with Crippen LogP contribution < -0.4 is 15.4 Å². The number of hydrogen-bond acceptors (Lipinski definition) is 4. The van der Waals surface area contributed by atoms with E-state index >= 15 is 0 Å². The highest BCUT2D eigenvalue weighted by Crippen LogP contribution is 2.28. The number of fused-ring (bicyclic) bond motifs is 1. The Hall–Kier alpha value is -1.62. The van der Waals surface area contributed by atoms with Crippen molar-refractivity contribution >= 4 is 11.7 Å². The first-order chi connectivity index (χ1) is 8.32. The van der Waals surface area contributed by atoms with Crippen LogP contribution in [0.1, 0.15) is 11.0 Å². The number of carbonyl (C=O) groups excluding carboxylic acids is 1. The quantitative estimate of drug-likeness (QED) is 0.662. The van der Waals surface area contributed by atoms with E-state index in [-0.39, 0.29) is 11.6 Å². The van der Waals surface area contributed by atoms with Gasteiger partial charge in [0.05, 0.1) is 0 Å². The first-order valence-electron chi connectivity index (χ1n) is 6.03. The molecule has 0 spiro atoms. The number of carbonyl (C=O) groups is 1. The van der Waals surface area contributed by atoms with E-state index in [0.717, 1.165) is 0 Å². The smallest absolute Gasteiger partial charge is 0.248 e. The summed E-state index contributed by atoms with van der Waals surface area (Å²) in [5.74, 6) is -0.510. The van der Waals surface area contributed by atoms with Crippen molar-refractivity contribution in [3.8, 4) is 5.75 Å². The molecule has 1 aliphatic heterocycles. The monoisotopic (exact) mass is 210 g/mol. The lowest BCUT2D eigenvalue weighted by atomic mass is 10.2. The normalized spacial score (nSPS) is 29.3. The Morgan fingerprint density at radius 1 is 1.73 bits per heavy atom. The number of nitrogens with two attached hydrogens (primary N) is 1. The maximum absolute atomic E-state index is 12.1. The summed E-state index contributed by atoms with van der Waals surface area (Å²) in [7, 11) is 0. The zero-order valence-electron chi connectivity index (χ0n) is 11.2. The van der Waals surface area contributed by atoms with Crippen LogP contribution in [0.25, 0.3) is 0 Å². The van der Waals surface area contributed by atoms with Gasteiger partial charge in [0.25, 0.3) is 0 Å². The number of anilines is 1. The summed E-state index contributed by atoms with van der Waals surface area (Å²) < 4.78 is 27.7. The zero-order chi connectivity index (χ0) is 13.5. The minimum atomic E-state index is -2.65. The van der Waals surface area contributed by atoms with Crippen LogP contribution in [0.5, 0.6) is 5.75 Å². The Kier molecular flexibility index (Phi) is 1.59. The largest absolute Gasteiger partial charge is 0.485 e. The molecule has 15 heavy (non-hydrogen) atoms. The molecule has 0 radical (unpaired) electrons. The number of aromatic nitrogens is 1. The third-order valence-electron chi connectivity index (χ3n) is 2.29. The van der Waals surface area contributed by atoms with E-state index in [1.807, 2.05) is 0 Å². The molecule has 0 saturated carbocycles. The number of likely N-dealkylation sites (N-methyl/N-ethyl adjacent to an activating group) is 1. The van der Waals surface area contributed by atoms with Gasteiger partial charge in [-0.25, -0.2) is 4.98 Å². The van der Waals surface area contributed by atoms with E-state index in [1.165, 1.54) is 6.20 Å². The first-order valence-corrected chi connectivity index (χ1v) is 4.53. The maximum Gasteiger partial charge on any atom is 0.248 e. The predicted octanol–water partition coefficient (Wildman–Crippen LogP) is 0.153. The van der Waals surface area contributed by atoms with Crippen LogP contribution >= 0.6 is 0 Å². The van der Waals surface area contributed by atoms with Gasteiger partial charge in [0, 0.05) is 17.3 Å². The van der Waals surface area contributed by atoms with Gasteiger partial charge in [-0.3, -0.25) is 9.69 Å². The average Bonchev–Trinajstić information content (AvgIpc) is 2.36. The topological polar surface area (TPSA) is 68.5 Å². The molecule has 1 amide bonds. The van der Waals surface area contributed by atoms with Gasteiger partial charge >= 0.3 is 0 Å². The Labute approximate surface area is 92.1 Å². The molecular formula is C10H13N3O2. The molecule has 1 aliphatic rings. The zero-order valence-corrected chi connectivity index (χ0v) is 8.18. The lowest BCUT2D eigenvalue weighted by Crippen LogP contribution is -2.48. The molecule has 0 bridgehead atoms.